The monoisotopic (exact) mass is 604 g/mol. The number of hydrogen-bond donors (Lipinski definition) is 1. The van der Waals surface area contributed by atoms with Crippen LogP contribution in [0.5, 0.6) is 0 Å². The van der Waals surface area contributed by atoms with Gasteiger partial charge in [-0.3, -0.25) is 14.5 Å². The summed E-state index contributed by atoms with van der Waals surface area (Å²) in [6.45, 7) is 7.80. The van der Waals surface area contributed by atoms with Crippen LogP contribution >= 0.6 is 0 Å². The number of carbonyl (C=O) groups excluding carboxylic acids is 3. The summed E-state index contributed by atoms with van der Waals surface area (Å²) in [6.07, 6.45) is -0.962. The molecule has 0 aromatic heterocycles. The Labute approximate surface area is 256 Å². The molecule has 1 unspecified atom stereocenters. The summed E-state index contributed by atoms with van der Waals surface area (Å²) in [4.78, 5) is 45.5. The molecule has 1 fully saturated rings. The molecular formula is C34H38F2N4O4. The number of piperazine rings is 1. The van der Waals surface area contributed by atoms with E-state index in [4.69, 9.17) is 4.74 Å². The van der Waals surface area contributed by atoms with E-state index in [2.05, 4.69) is 10.2 Å². The van der Waals surface area contributed by atoms with Crippen LogP contribution in [0.3, 0.4) is 0 Å². The van der Waals surface area contributed by atoms with Crippen molar-refractivity contribution in [2.45, 2.75) is 58.0 Å². The Kier molecular flexibility index (Phi) is 9.29. The van der Waals surface area contributed by atoms with Gasteiger partial charge in [-0.05, 0) is 67.3 Å². The molecular weight excluding hydrogens is 566 g/mol. The van der Waals surface area contributed by atoms with Crippen LogP contribution in [0.2, 0.25) is 0 Å². The van der Waals surface area contributed by atoms with Crippen LogP contribution in [0.4, 0.5) is 13.6 Å². The third-order valence-electron chi connectivity index (χ3n) is 7.92. The standard InChI is InChI=1S/C34H38F2N4O4/c1-34(2,3)44-33(43)37-29(32(42)40-21-25-6-4-5-7-26(25)22-40)20-30(41)38-16-18-39(19-17-38)31(23-8-12-27(35)13-9-23)24-10-14-28(36)15-11-24/h4-15,29,31H,16-22H2,1-3H3,(H,37,43). The Morgan fingerprint density at radius 2 is 1.27 bits per heavy atom. The number of carbonyl (C=O) groups is 3. The Hall–Kier alpha value is -4.31. The number of halogens is 2. The maximum absolute atomic E-state index is 13.7. The normalized spacial score (nSPS) is 16.0. The molecule has 2 aliphatic heterocycles. The van der Waals surface area contributed by atoms with E-state index < -0.39 is 17.7 Å². The third kappa shape index (κ3) is 7.60. The molecule has 5 rings (SSSR count). The fourth-order valence-corrected chi connectivity index (χ4v) is 5.80. The first kappa shape index (κ1) is 31.1. The summed E-state index contributed by atoms with van der Waals surface area (Å²) in [7, 11) is 0. The third-order valence-corrected chi connectivity index (χ3v) is 7.92. The number of nitrogens with zero attached hydrogens (tertiary/aromatic N) is 3. The summed E-state index contributed by atoms with van der Waals surface area (Å²) in [5.41, 5.74) is 3.02. The van der Waals surface area contributed by atoms with E-state index in [1.807, 2.05) is 24.3 Å². The van der Waals surface area contributed by atoms with E-state index in [9.17, 15) is 23.2 Å². The smallest absolute Gasteiger partial charge is 0.408 e. The molecule has 0 saturated carbocycles. The quantitative estimate of drug-likeness (QED) is 0.410. The van der Waals surface area contributed by atoms with Crippen molar-refractivity contribution < 1.29 is 27.9 Å². The maximum Gasteiger partial charge on any atom is 0.408 e. The van der Waals surface area contributed by atoms with Crippen molar-refractivity contribution in [1.29, 1.82) is 0 Å². The predicted octanol–water partition coefficient (Wildman–Crippen LogP) is 5.02. The number of fused-ring (bicyclic) bond motifs is 1. The van der Waals surface area contributed by atoms with Crippen LogP contribution in [-0.4, -0.2) is 70.4 Å². The van der Waals surface area contributed by atoms with Gasteiger partial charge in [-0.2, -0.15) is 0 Å². The van der Waals surface area contributed by atoms with Crippen LogP contribution in [-0.2, 0) is 27.4 Å². The van der Waals surface area contributed by atoms with Gasteiger partial charge in [-0.25, -0.2) is 13.6 Å². The number of benzene rings is 3. The number of rotatable bonds is 7. The highest BCUT2D eigenvalue weighted by molar-refractivity contribution is 5.91. The van der Waals surface area contributed by atoms with Crippen molar-refractivity contribution in [3.8, 4) is 0 Å². The van der Waals surface area contributed by atoms with Gasteiger partial charge in [-0.15, -0.1) is 0 Å². The van der Waals surface area contributed by atoms with Crippen LogP contribution in [0, 0.1) is 11.6 Å². The molecule has 1 atom stereocenters. The lowest BCUT2D eigenvalue weighted by atomic mass is 9.96. The Balaban J connectivity index is 1.27. The number of hydrogen-bond acceptors (Lipinski definition) is 5. The largest absolute Gasteiger partial charge is 0.444 e. The number of amides is 3. The number of alkyl carbamates (subject to hydrolysis) is 1. The molecule has 0 radical (unpaired) electrons. The molecule has 232 valence electrons. The molecule has 1 saturated heterocycles. The minimum absolute atomic E-state index is 0.204. The van der Waals surface area contributed by atoms with E-state index >= 15 is 0 Å². The van der Waals surface area contributed by atoms with E-state index in [0.29, 0.717) is 39.3 Å². The van der Waals surface area contributed by atoms with Gasteiger partial charge in [0.25, 0.3) is 0 Å². The Morgan fingerprint density at radius 3 is 1.75 bits per heavy atom. The van der Waals surface area contributed by atoms with Gasteiger partial charge in [0.15, 0.2) is 0 Å². The number of ether oxygens (including phenoxy) is 1. The lowest BCUT2D eigenvalue weighted by Gasteiger charge is -2.40. The van der Waals surface area contributed by atoms with Crippen molar-refractivity contribution in [2.24, 2.45) is 0 Å². The van der Waals surface area contributed by atoms with Crippen molar-refractivity contribution in [1.82, 2.24) is 20.0 Å². The van der Waals surface area contributed by atoms with Gasteiger partial charge in [0.1, 0.15) is 23.3 Å². The summed E-state index contributed by atoms with van der Waals surface area (Å²) in [5, 5.41) is 2.65. The van der Waals surface area contributed by atoms with Gasteiger partial charge >= 0.3 is 6.09 Å². The molecule has 8 nitrogen and oxygen atoms in total. The van der Waals surface area contributed by atoms with Gasteiger partial charge in [0.05, 0.1) is 12.5 Å². The first-order valence-corrected chi connectivity index (χ1v) is 14.8. The fraction of sp³-hybridized carbons (Fsp3) is 0.382. The highest BCUT2D eigenvalue weighted by Gasteiger charge is 2.35. The average molecular weight is 605 g/mol. The maximum atomic E-state index is 13.7. The minimum Gasteiger partial charge on any atom is -0.444 e. The summed E-state index contributed by atoms with van der Waals surface area (Å²) < 4.78 is 32.8. The first-order valence-electron chi connectivity index (χ1n) is 14.8. The SMILES string of the molecule is CC(C)(C)OC(=O)NC(CC(=O)N1CCN(C(c2ccc(F)cc2)c2ccc(F)cc2)CC1)C(=O)N1Cc2ccccc2C1. The molecule has 0 spiro atoms. The van der Waals surface area contributed by atoms with E-state index in [0.717, 1.165) is 22.3 Å². The molecule has 3 aromatic carbocycles. The molecule has 10 heteroatoms. The van der Waals surface area contributed by atoms with Crippen LogP contribution < -0.4 is 5.32 Å². The van der Waals surface area contributed by atoms with Gasteiger partial charge in [0.2, 0.25) is 11.8 Å². The molecule has 2 aliphatic rings. The molecule has 3 amide bonds. The van der Waals surface area contributed by atoms with Gasteiger partial charge < -0.3 is 19.9 Å². The Morgan fingerprint density at radius 1 is 0.773 bits per heavy atom. The molecule has 2 heterocycles. The predicted molar refractivity (Wildman–Crippen MR) is 161 cm³/mol. The van der Waals surface area contributed by atoms with Crippen LogP contribution in [0.15, 0.2) is 72.8 Å². The van der Waals surface area contributed by atoms with E-state index in [-0.39, 0.29) is 35.9 Å². The summed E-state index contributed by atoms with van der Waals surface area (Å²) >= 11 is 0. The molecule has 3 aromatic rings. The fourth-order valence-electron chi connectivity index (χ4n) is 5.80. The second-order valence-electron chi connectivity index (χ2n) is 12.3. The number of nitrogens with one attached hydrogen (secondary N) is 1. The molecule has 44 heavy (non-hydrogen) atoms. The minimum atomic E-state index is -1.09. The van der Waals surface area contributed by atoms with Gasteiger partial charge in [0, 0.05) is 39.3 Å². The Bertz CT molecular complexity index is 1410. The van der Waals surface area contributed by atoms with Crippen molar-refractivity contribution in [2.75, 3.05) is 26.2 Å². The lowest BCUT2D eigenvalue weighted by molar-refractivity contribution is -0.140. The first-order chi connectivity index (χ1) is 21.0. The second-order valence-corrected chi connectivity index (χ2v) is 12.3. The average Bonchev–Trinajstić information content (AvgIpc) is 3.42. The van der Waals surface area contributed by atoms with Crippen molar-refractivity contribution in [3.05, 3.63) is 107 Å². The molecule has 0 bridgehead atoms. The lowest BCUT2D eigenvalue weighted by Crippen LogP contribution is -2.53. The van der Waals surface area contributed by atoms with Crippen LogP contribution in [0.25, 0.3) is 0 Å². The summed E-state index contributed by atoms with van der Waals surface area (Å²) in [5.74, 6) is -1.28. The topological polar surface area (TPSA) is 82.2 Å². The van der Waals surface area contributed by atoms with Crippen LogP contribution in [0.1, 0.15) is 55.5 Å². The zero-order chi connectivity index (χ0) is 31.4. The second kappa shape index (κ2) is 13.1. The summed E-state index contributed by atoms with van der Waals surface area (Å²) in [6, 6.07) is 18.9. The highest BCUT2D eigenvalue weighted by atomic mass is 19.1. The van der Waals surface area contributed by atoms with E-state index in [1.54, 1.807) is 54.8 Å². The van der Waals surface area contributed by atoms with E-state index in [1.165, 1.54) is 24.3 Å². The zero-order valence-electron chi connectivity index (χ0n) is 25.3. The van der Waals surface area contributed by atoms with Gasteiger partial charge in [-0.1, -0.05) is 48.5 Å². The molecule has 1 N–H and O–H groups in total. The van der Waals surface area contributed by atoms with Crippen molar-refractivity contribution in [3.63, 3.8) is 0 Å². The molecule has 0 aliphatic carbocycles. The zero-order valence-corrected chi connectivity index (χ0v) is 25.3. The highest BCUT2D eigenvalue weighted by Crippen LogP contribution is 2.30. The van der Waals surface area contributed by atoms with Crippen molar-refractivity contribution >= 4 is 17.9 Å².